The van der Waals surface area contributed by atoms with Crippen molar-refractivity contribution in [1.29, 1.82) is 0 Å². The first-order valence-electron chi connectivity index (χ1n) is 10.4. The Bertz CT molecular complexity index is 1010. The lowest BCUT2D eigenvalue weighted by Crippen LogP contribution is -2.52. The maximum atomic E-state index is 13.2. The Morgan fingerprint density at radius 2 is 1.81 bits per heavy atom. The van der Waals surface area contributed by atoms with E-state index in [2.05, 4.69) is 15.2 Å². The van der Waals surface area contributed by atoms with Crippen LogP contribution >= 0.6 is 0 Å². The molecular weight excluding hydrogens is 418 g/mol. The lowest BCUT2D eigenvalue weighted by atomic mass is 9.88. The predicted octanol–water partition coefficient (Wildman–Crippen LogP) is 1.88. The summed E-state index contributed by atoms with van der Waals surface area (Å²) in [5.41, 5.74) is 1.54. The Labute approximate surface area is 182 Å². The number of aromatic amines is 1. The van der Waals surface area contributed by atoms with Crippen LogP contribution in [0.2, 0.25) is 0 Å². The molecule has 0 unspecified atom stereocenters. The number of carbonyl (C=O) groups excluding carboxylic acids is 2. The number of benzene rings is 1. The molecule has 1 N–H and O–H groups in total. The number of sulfonamides is 1. The van der Waals surface area contributed by atoms with Gasteiger partial charge >= 0.3 is 0 Å². The highest BCUT2D eigenvalue weighted by atomic mass is 32.2. The molecule has 31 heavy (non-hydrogen) atoms. The second-order valence-electron chi connectivity index (χ2n) is 8.29. The summed E-state index contributed by atoms with van der Waals surface area (Å²) in [6, 6.07) is 7.39. The summed E-state index contributed by atoms with van der Waals surface area (Å²) < 4.78 is 26.5. The molecule has 168 valence electrons. The zero-order chi connectivity index (χ0) is 22.6. The number of ketones is 1. The molecule has 0 saturated carbocycles. The molecule has 2 aromatic rings. The van der Waals surface area contributed by atoms with E-state index in [0.717, 1.165) is 11.9 Å². The van der Waals surface area contributed by atoms with Gasteiger partial charge in [-0.15, -0.1) is 0 Å². The van der Waals surface area contributed by atoms with Crippen LogP contribution in [0.3, 0.4) is 0 Å². The van der Waals surface area contributed by atoms with Crippen molar-refractivity contribution in [3.63, 3.8) is 0 Å². The third kappa shape index (κ3) is 5.37. The van der Waals surface area contributed by atoms with Gasteiger partial charge in [0.1, 0.15) is 6.33 Å². The number of rotatable bonds is 8. The fourth-order valence-corrected chi connectivity index (χ4v) is 5.14. The Morgan fingerprint density at radius 1 is 1.13 bits per heavy atom. The highest BCUT2D eigenvalue weighted by Crippen LogP contribution is 2.23. The first kappa shape index (κ1) is 23.1. The minimum atomic E-state index is -3.75. The van der Waals surface area contributed by atoms with E-state index in [9.17, 15) is 18.0 Å². The molecule has 1 aliphatic rings. The lowest BCUT2D eigenvalue weighted by molar-refractivity contribution is -0.137. The Kier molecular flexibility index (Phi) is 7.22. The maximum Gasteiger partial charge on any atom is 0.278 e. The van der Waals surface area contributed by atoms with E-state index >= 15 is 0 Å². The molecule has 0 aliphatic carbocycles. The summed E-state index contributed by atoms with van der Waals surface area (Å²) in [5.74, 6) is -0.299. The molecule has 1 amide bonds. The van der Waals surface area contributed by atoms with Crippen molar-refractivity contribution in [3.05, 3.63) is 41.7 Å². The number of hydrogen-bond donors (Lipinski definition) is 1. The number of nitrogens with zero attached hydrogens (tertiary/aromatic N) is 4. The van der Waals surface area contributed by atoms with Crippen LogP contribution in [0.25, 0.3) is 0 Å². The number of aromatic nitrogens is 3. The molecule has 10 heteroatoms. The fourth-order valence-electron chi connectivity index (χ4n) is 3.91. The van der Waals surface area contributed by atoms with E-state index in [-0.39, 0.29) is 55.4 Å². The monoisotopic (exact) mass is 447 g/mol. The second kappa shape index (κ2) is 9.69. The van der Waals surface area contributed by atoms with Crippen molar-refractivity contribution in [2.75, 3.05) is 26.2 Å². The molecule has 1 aromatic heterocycles. The molecule has 1 aromatic carbocycles. The van der Waals surface area contributed by atoms with Gasteiger partial charge in [-0.25, -0.2) is 18.5 Å². The number of carbonyl (C=O) groups is 2. The first-order valence-corrected chi connectivity index (χ1v) is 11.9. The van der Waals surface area contributed by atoms with Crippen molar-refractivity contribution in [1.82, 2.24) is 24.4 Å². The van der Waals surface area contributed by atoms with Crippen molar-refractivity contribution in [2.24, 2.45) is 11.8 Å². The van der Waals surface area contributed by atoms with Crippen LogP contribution in [-0.4, -0.2) is 70.7 Å². The molecular formula is C21H29N5O4S. The van der Waals surface area contributed by atoms with Gasteiger partial charge in [0.05, 0.1) is 0 Å². The molecule has 2 heterocycles. The number of H-pyrrole nitrogens is 1. The number of Topliss-reactive ketones (excluding diaryl/α,β-unsaturated/α-hetero) is 1. The number of nitrogens with one attached hydrogen (secondary N) is 1. The van der Waals surface area contributed by atoms with Crippen LogP contribution < -0.4 is 0 Å². The summed E-state index contributed by atoms with van der Waals surface area (Å²) in [6.07, 6.45) is 1.90. The number of aryl methyl sites for hydroxylation is 1. The van der Waals surface area contributed by atoms with Gasteiger partial charge in [0.2, 0.25) is 5.91 Å². The van der Waals surface area contributed by atoms with E-state index in [1.165, 1.54) is 4.31 Å². The summed E-state index contributed by atoms with van der Waals surface area (Å²) in [6.45, 7) is 6.85. The van der Waals surface area contributed by atoms with Gasteiger partial charge in [0.15, 0.2) is 5.78 Å². The van der Waals surface area contributed by atoms with E-state index in [0.29, 0.717) is 12.0 Å². The molecule has 0 radical (unpaired) electrons. The molecule has 1 aliphatic heterocycles. The lowest BCUT2D eigenvalue weighted by Gasteiger charge is -2.35. The molecule has 1 saturated heterocycles. The molecule has 0 bridgehead atoms. The number of piperazine rings is 1. The van der Waals surface area contributed by atoms with Gasteiger partial charge in [-0.3, -0.25) is 9.59 Å². The van der Waals surface area contributed by atoms with Gasteiger partial charge in [0, 0.05) is 44.1 Å². The van der Waals surface area contributed by atoms with Gasteiger partial charge in [-0.2, -0.15) is 9.40 Å². The van der Waals surface area contributed by atoms with Crippen LogP contribution in [0.1, 0.15) is 42.6 Å². The van der Waals surface area contributed by atoms with E-state index < -0.39 is 15.9 Å². The van der Waals surface area contributed by atoms with Gasteiger partial charge in [-0.1, -0.05) is 38.1 Å². The summed E-state index contributed by atoms with van der Waals surface area (Å²) in [5, 5.41) is 5.78. The van der Waals surface area contributed by atoms with Crippen molar-refractivity contribution in [3.8, 4) is 0 Å². The van der Waals surface area contributed by atoms with Crippen molar-refractivity contribution >= 4 is 21.7 Å². The SMILES string of the molecule is Cc1ccccc1C(=O)C[C@H](CC(C)C)C(=O)N1CCN(S(=O)(=O)c2ncn[nH]2)CC1. The normalized spacial score (nSPS) is 16.5. The van der Waals surface area contributed by atoms with Crippen LogP contribution in [0.4, 0.5) is 0 Å². The molecule has 0 spiro atoms. The number of hydrogen-bond acceptors (Lipinski definition) is 6. The van der Waals surface area contributed by atoms with E-state index in [1.807, 2.05) is 39.0 Å². The smallest absolute Gasteiger partial charge is 0.278 e. The topological polar surface area (TPSA) is 116 Å². The molecule has 1 atom stereocenters. The molecule has 3 rings (SSSR count). The summed E-state index contributed by atoms with van der Waals surface area (Å²) in [4.78, 5) is 31.5. The minimum Gasteiger partial charge on any atom is -0.340 e. The Morgan fingerprint density at radius 3 is 2.39 bits per heavy atom. The highest BCUT2D eigenvalue weighted by Gasteiger charge is 2.34. The predicted molar refractivity (Wildman–Crippen MR) is 115 cm³/mol. The average molecular weight is 448 g/mol. The van der Waals surface area contributed by atoms with E-state index in [1.54, 1.807) is 11.0 Å². The third-order valence-electron chi connectivity index (χ3n) is 5.51. The van der Waals surface area contributed by atoms with Crippen molar-refractivity contribution < 1.29 is 18.0 Å². The van der Waals surface area contributed by atoms with Gasteiger partial charge in [-0.05, 0) is 24.8 Å². The third-order valence-corrected chi connectivity index (χ3v) is 7.24. The Hall–Kier alpha value is -2.59. The molecule has 1 fully saturated rings. The Balaban J connectivity index is 1.67. The van der Waals surface area contributed by atoms with Crippen LogP contribution in [-0.2, 0) is 14.8 Å². The second-order valence-corrected chi connectivity index (χ2v) is 10.1. The fraction of sp³-hybridized carbons (Fsp3) is 0.524. The van der Waals surface area contributed by atoms with E-state index in [4.69, 9.17) is 0 Å². The molecule has 9 nitrogen and oxygen atoms in total. The van der Waals surface area contributed by atoms with Crippen LogP contribution in [0.5, 0.6) is 0 Å². The zero-order valence-electron chi connectivity index (χ0n) is 18.1. The minimum absolute atomic E-state index is 0.0383. The largest absolute Gasteiger partial charge is 0.340 e. The average Bonchev–Trinajstić information content (AvgIpc) is 3.28. The zero-order valence-corrected chi connectivity index (χ0v) is 18.9. The van der Waals surface area contributed by atoms with Crippen LogP contribution in [0, 0.1) is 18.8 Å². The summed E-state index contributed by atoms with van der Waals surface area (Å²) >= 11 is 0. The highest BCUT2D eigenvalue weighted by molar-refractivity contribution is 7.88. The standard InChI is InChI=1S/C21H29N5O4S/c1-15(2)12-17(13-19(27)18-7-5-4-6-16(18)3)20(28)25-8-10-26(11-9-25)31(29,30)21-22-14-23-24-21/h4-7,14-15,17H,8-13H2,1-3H3,(H,22,23,24)/t17-/m0/s1. The maximum absolute atomic E-state index is 13.2. The van der Waals surface area contributed by atoms with Crippen LogP contribution in [0.15, 0.2) is 35.7 Å². The van der Waals surface area contributed by atoms with Gasteiger partial charge in [0.25, 0.3) is 15.2 Å². The summed E-state index contributed by atoms with van der Waals surface area (Å²) in [7, 11) is -3.75. The quantitative estimate of drug-likeness (QED) is 0.618. The van der Waals surface area contributed by atoms with Gasteiger partial charge < -0.3 is 4.90 Å². The van der Waals surface area contributed by atoms with Crippen molar-refractivity contribution in [2.45, 2.75) is 38.8 Å². The first-order chi connectivity index (χ1) is 14.7. The number of amides is 1.